The Morgan fingerprint density at radius 2 is 1.81 bits per heavy atom. The van der Waals surface area contributed by atoms with E-state index in [1.165, 1.54) is 7.11 Å². The molecular formula is C13H27NO2. The van der Waals surface area contributed by atoms with E-state index in [0.29, 0.717) is 18.4 Å². The summed E-state index contributed by atoms with van der Waals surface area (Å²) in [4.78, 5) is 13.6. The van der Waals surface area contributed by atoms with Crippen molar-refractivity contribution >= 4 is 5.97 Å². The van der Waals surface area contributed by atoms with Crippen LogP contribution in [-0.4, -0.2) is 37.1 Å². The van der Waals surface area contributed by atoms with Crippen LogP contribution < -0.4 is 0 Å². The second-order valence-corrected chi connectivity index (χ2v) is 4.69. The zero-order valence-electron chi connectivity index (χ0n) is 11.5. The highest BCUT2D eigenvalue weighted by molar-refractivity contribution is 5.69. The Morgan fingerprint density at radius 3 is 2.19 bits per heavy atom. The molecule has 0 aromatic heterocycles. The number of ether oxygens (including phenoxy) is 1. The van der Waals surface area contributed by atoms with Gasteiger partial charge in [0.1, 0.15) is 0 Å². The maximum Gasteiger partial charge on any atom is 0.306 e. The molecule has 0 aliphatic carbocycles. The number of nitrogens with zero attached hydrogens (tertiary/aromatic N) is 1. The zero-order chi connectivity index (χ0) is 12.6. The monoisotopic (exact) mass is 229 g/mol. The van der Waals surface area contributed by atoms with Gasteiger partial charge < -0.3 is 4.74 Å². The van der Waals surface area contributed by atoms with Gasteiger partial charge in [0.25, 0.3) is 0 Å². The maximum absolute atomic E-state index is 11.2. The summed E-state index contributed by atoms with van der Waals surface area (Å²) in [5, 5.41) is 0. The summed E-state index contributed by atoms with van der Waals surface area (Å²) in [6, 6.07) is 0.590. The Kier molecular flexibility index (Phi) is 8.26. The van der Waals surface area contributed by atoms with Crippen LogP contribution in [0.2, 0.25) is 0 Å². The minimum absolute atomic E-state index is 0.111. The minimum atomic E-state index is -0.111. The average molecular weight is 229 g/mol. The molecule has 96 valence electrons. The second-order valence-electron chi connectivity index (χ2n) is 4.69. The molecule has 16 heavy (non-hydrogen) atoms. The van der Waals surface area contributed by atoms with E-state index in [-0.39, 0.29) is 5.97 Å². The number of carbonyl (C=O) groups is 1. The normalized spacial score (nSPS) is 11.5. The Bertz CT molecular complexity index is 188. The van der Waals surface area contributed by atoms with Gasteiger partial charge in [-0.3, -0.25) is 9.69 Å². The van der Waals surface area contributed by atoms with Crippen molar-refractivity contribution in [3.63, 3.8) is 0 Å². The number of carbonyl (C=O) groups excluding carboxylic acids is 1. The second kappa shape index (κ2) is 8.57. The van der Waals surface area contributed by atoms with E-state index in [1.807, 2.05) is 0 Å². The fraction of sp³-hybridized carbons (Fsp3) is 0.923. The van der Waals surface area contributed by atoms with Crippen molar-refractivity contribution in [2.24, 2.45) is 5.92 Å². The maximum atomic E-state index is 11.2. The smallest absolute Gasteiger partial charge is 0.306 e. The molecule has 0 rings (SSSR count). The largest absolute Gasteiger partial charge is 0.469 e. The van der Waals surface area contributed by atoms with Gasteiger partial charge in [-0.15, -0.1) is 0 Å². The van der Waals surface area contributed by atoms with Crippen molar-refractivity contribution in [1.82, 2.24) is 4.90 Å². The Balaban J connectivity index is 4.24. The van der Waals surface area contributed by atoms with Crippen LogP contribution in [0.5, 0.6) is 0 Å². The molecule has 0 aliphatic heterocycles. The topological polar surface area (TPSA) is 29.5 Å². The molecule has 0 atom stereocenters. The predicted molar refractivity (Wildman–Crippen MR) is 67.4 cm³/mol. The molecular weight excluding hydrogens is 202 g/mol. The lowest BCUT2D eigenvalue weighted by atomic mass is 10.1. The molecule has 0 saturated heterocycles. The van der Waals surface area contributed by atoms with Gasteiger partial charge in [-0.25, -0.2) is 0 Å². The van der Waals surface area contributed by atoms with E-state index in [1.54, 1.807) is 0 Å². The average Bonchev–Trinajstić information content (AvgIpc) is 2.26. The van der Waals surface area contributed by atoms with E-state index in [0.717, 1.165) is 25.9 Å². The van der Waals surface area contributed by atoms with E-state index < -0.39 is 0 Å². The first-order valence-electron chi connectivity index (χ1n) is 6.35. The summed E-state index contributed by atoms with van der Waals surface area (Å²) in [6.07, 6.45) is 2.79. The molecule has 0 unspecified atom stereocenters. The van der Waals surface area contributed by atoms with E-state index in [9.17, 15) is 4.79 Å². The number of methoxy groups -OCH3 is 1. The van der Waals surface area contributed by atoms with Crippen LogP contribution in [0.1, 0.15) is 47.0 Å². The standard InChI is InChI=1S/C13H27NO2/c1-6-12(7-2)14(10-11(3)4)9-8-13(15)16-5/h11-12H,6-10H2,1-5H3. The molecule has 0 fully saturated rings. The molecule has 0 N–H and O–H groups in total. The SMILES string of the molecule is CCC(CC)N(CCC(=O)OC)CC(C)C. The summed E-state index contributed by atoms with van der Waals surface area (Å²) in [6.45, 7) is 10.7. The number of hydrogen-bond acceptors (Lipinski definition) is 3. The molecule has 0 aromatic carbocycles. The lowest BCUT2D eigenvalue weighted by Crippen LogP contribution is -2.38. The van der Waals surface area contributed by atoms with Gasteiger partial charge in [0.15, 0.2) is 0 Å². The number of esters is 1. The molecule has 3 heteroatoms. The van der Waals surface area contributed by atoms with Gasteiger partial charge in [0, 0.05) is 19.1 Å². The fourth-order valence-electron chi connectivity index (χ4n) is 2.03. The molecule has 0 amide bonds. The highest BCUT2D eigenvalue weighted by Crippen LogP contribution is 2.12. The van der Waals surface area contributed by atoms with E-state index >= 15 is 0 Å². The van der Waals surface area contributed by atoms with Gasteiger partial charge in [-0.2, -0.15) is 0 Å². The summed E-state index contributed by atoms with van der Waals surface area (Å²) >= 11 is 0. The van der Waals surface area contributed by atoms with Crippen LogP contribution in [0.4, 0.5) is 0 Å². The number of rotatable bonds is 8. The Labute approximate surface area is 100 Å². The summed E-state index contributed by atoms with van der Waals surface area (Å²) in [5.41, 5.74) is 0. The van der Waals surface area contributed by atoms with Gasteiger partial charge in [0.2, 0.25) is 0 Å². The van der Waals surface area contributed by atoms with Crippen molar-refractivity contribution < 1.29 is 9.53 Å². The third-order valence-corrected chi connectivity index (χ3v) is 2.89. The van der Waals surface area contributed by atoms with Gasteiger partial charge >= 0.3 is 5.97 Å². The first-order chi connectivity index (χ1) is 7.54. The molecule has 3 nitrogen and oxygen atoms in total. The highest BCUT2D eigenvalue weighted by atomic mass is 16.5. The zero-order valence-corrected chi connectivity index (χ0v) is 11.5. The quantitative estimate of drug-likeness (QED) is 0.599. The lowest BCUT2D eigenvalue weighted by molar-refractivity contribution is -0.141. The first-order valence-corrected chi connectivity index (χ1v) is 6.35. The van der Waals surface area contributed by atoms with Crippen LogP contribution in [0.25, 0.3) is 0 Å². The fourth-order valence-corrected chi connectivity index (χ4v) is 2.03. The molecule has 0 bridgehead atoms. The third kappa shape index (κ3) is 6.11. The molecule has 0 saturated carbocycles. The van der Waals surface area contributed by atoms with E-state index in [4.69, 9.17) is 0 Å². The van der Waals surface area contributed by atoms with Crippen molar-refractivity contribution in [1.29, 1.82) is 0 Å². The van der Waals surface area contributed by atoms with Gasteiger partial charge in [-0.1, -0.05) is 27.7 Å². The van der Waals surface area contributed by atoms with Crippen molar-refractivity contribution in [2.75, 3.05) is 20.2 Å². The molecule has 0 aromatic rings. The van der Waals surface area contributed by atoms with Crippen LogP contribution in [-0.2, 0) is 9.53 Å². The predicted octanol–water partition coefficient (Wildman–Crippen LogP) is 2.70. The van der Waals surface area contributed by atoms with Gasteiger partial charge in [0.05, 0.1) is 13.5 Å². The lowest BCUT2D eigenvalue weighted by Gasteiger charge is -2.31. The highest BCUT2D eigenvalue weighted by Gasteiger charge is 2.17. The number of hydrogen-bond donors (Lipinski definition) is 0. The van der Waals surface area contributed by atoms with Crippen molar-refractivity contribution in [3.05, 3.63) is 0 Å². The summed E-state index contributed by atoms with van der Waals surface area (Å²) in [5.74, 6) is 0.526. The van der Waals surface area contributed by atoms with Crippen LogP contribution in [0.3, 0.4) is 0 Å². The first kappa shape index (κ1) is 15.4. The summed E-state index contributed by atoms with van der Waals surface area (Å²) in [7, 11) is 1.45. The van der Waals surface area contributed by atoms with Gasteiger partial charge in [-0.05, 0) is 18.8 Å². The molecule has 0 radical (unpaired) electrons. The molecule has 0 aliphatic rings. The summed E-state index contributed by atoms with van der Waals surface area (Å²) < 4.78 is 4.69. The molecule has 0 heterocycles. The van der Waals surface area contributed by atoms with Crippen LogP contribution in [0.15, 0.2) is 0 Å². The van der Waals surface area contributed by atoms with Crippen molar-refractivity contribution in [3.8, 4) is 0 Å². The van der Waals surface area contributed by atoms with Crippen LogP contribution in [0, 0.1) is 5.92 Å². The van der Waals surface area contributed by atoms with E-state index in [2.05, 4.69) is 37.3 Å². The Hall–Kier alpha value is -0.570. The third-order valence-electron chi connectivity index (χ3n) is 2.89. The Morgan fingerprint density at radius 1 is 1.25 bits per heavy atom. The minimum Gasteiger partial charge on any atom is -0.469 e. The molecule has 0 spiro atoms. The van der Waals surface area contributed by atoms with Crippen LogP contribution >= 0.6 is 0 Å². The van der Waals surface area contributed by atoms with Crippen molar-refractivity contribution in [2.45, 2.75) is 53.0 Å².